The van der Waals surface area contributed by atoms with E-state index in [4.69, 9.17) is 4.74 Å². The third-order valence-electron chi connectivity index (χ3n) is 4.47. The maximum atomic E-state index is 13.1. The summed E-state index contributed by atoms with van der Waals surface area (Å²) in [7, 11) is 0. The Morgan fingerprint density at radius 3 is 2.79 bits per heavy atom. The smallest absolute Gasteiger partial charge is 0.254 e. The first-order valence-corrected chi connectivity index (χ1v) is 8.40. The molecular weight excluding hydrogens is 302 g/mol. The molecule has 4 heteroatoms. The van der Waals surface area contributed by atoms with E-state index in [1.807, 2.05) is 60.4 Å². The summed E-state index contributed by atoms with van der Waals surface area (Å²) in [6, 6.07) is 15.6. The minimum absolute atomic E-state index is 0.00509. The van der Waals surface area contributed by atoms with E-state index in [2.05, 4.69) is 0 Å². The minimum atomic E-state index is -0.0350. The first-order valence-electron chi connectivity index (χ1n) is 8.40. The van der Waals surface area contributed by atoms with Crippen molar-refractivity contribution >= 4 is 5.91 Å². The molecule has 1 aliphatic heterocycles. The number of carbonyl (C=O) groups excluding carboxylic acids is 1. The van der Waals surface area contributed by atoms with Gasteiger partial charge in [0.1, 0.15) is 5.75 Å². The Labute approximate surface area is 142 Å². The van der Waals surface area contributed by atoms with Gasteiger partial charge in [-0.2, -0.15) is 0 Å². The molecule has 126 valence electrons. The zero-order chi connectivity index (χ0) is 16.9. The van der Waals surface area contributed by atoms with Crippen molar-refractivity contribution in [3.05, 3.63) is 65.2 Å². The molecule has 2 aromatic carbocycles. The van der Waals surface area contributed by atoms with E-state index in [1.54, 1.807) is 0 Å². The lowest BCUT2D eigenvalue weighted by atomic mass is 10.1. The Hall–Kier alpha value is -2.33. The van der Waals surface area contributed by atoms with E-state index in [1.165, 1.54) is 0 Å². The fraction of sp³-hybridized carbons (Fsp3) is 0.350. The van der Waals surface area contributed by atoms with Gasteiger partial charge in [0.05, 0.1) is 6.61 Å². The molecule has 1 amide bonds. The van der Waals surface area contributed by atoms with Crippen LogP contribution in [0.3, 0.4) is 0 Å². The van der Waals surface area contributed by atoms with Gasteiger partial charge in [-0.1, -0.05) is 30.3 Å². The van der Waals surface area contributed by atoms with E-state index in [0.717, 1.165) is 23.3 Å². The van der Waals surface area contributed by atoms with Gasteiger partial charge in [-0.05, 0) is 42.7 Å². The van der Waals surface area contributed by atoms with Crippen molar-refractivity contribution in [1.29, 1.82) is 0 Å². The Morgan fingerprint density at radius 2 is 2.04 bits per heavy atom. The number of fused-ring (bicyclic) bond motifs is 1. The van der Waals surface area contributed by atoms with Gasteiger partial charge in [0.25, 0.3) is 5.91 Å². The van der Waals surface area contributed by atoms with E-state index >= 15 is 0 Å². The molecule has 0 aromatic heterocycles. The van der Waals surface area contributed by atoms with Crippen LogP contribution in [0.2, 0.25) is 0 Å². The number of benzene rings is 2. The summed E-state index contributed by atoms with van der Waals surface area (Å²) in [6.45, 7) is 3.27. The second-order valence-electron chi connectivity index (χ2n) is 6.20. The van der Waals surface area contributed by atoms with Crippen molar-refractivity contribution in [3.8, 4) is 5.75 Å². The van der Waals surface area contributed by atoms with Gasteiger partial charge in [0.2, 0.25) is 0 Å². The molecule has 0 saturated heterocycles. The molecule has 0 saturated carbocycles. The van der Waals surface area contributed by atoms with Gasteiger partial charge in [-0.25, -0.2) is 0 Å². The van der Waals surface area contributed by atoms with Crippen LogP contribution in [0.5, 0.6) is 5.75 Å². The van der Waals surface area contributed by atoms with Crippen molar-refractivity contribution in [2.45, 2.75) is 32.4 Å². The fourth-order valence-electron chi connectivity index (χ4n) is 3.04. The number of amides is 1. The van der Waals surface area contributed by atoms with E-state index in [-0.39, 0.29) is 18.6 Å². The van der Waals surface area contributed by atoms with Crippen LogP contribution in [0.15, 0.2) is 48.5 Å². The second-order valence-corrected chi connectivity index (χ2v) is 6.20. The van der Waals surface area contributed by atoms with E-state index in [0.29, 0.717) is 25.1 Å². The maximum Gasteiger partial charge on any atom is 0.254 e. The zero-order valence-electron chi connectivity index (χ0n) is 13.9. The molecule has 1 N–H and O–H groups in total. The summed E-state index contributed by atoms with van der Waals surface area (Å²) in [5.74, 6) is 0.874. The van der Waals surface area contributed by atoms with Crippen LogP contribution in [0.25, 0.3) is 0 Å². The van der Waals surface area contributed by atoms with Gasteiger partial charge in [-0.3, -0.25) is 4.79 Å². The van der Waals surface area contributed by atoms with Gasteiger partial charge in [0.15, 0.2) is 0 Å². The van der Waals surface area contributed by atoms with Crippen LogP contribution in [-0.2, 0) is 13.0 Å². The molecule has 0 aliphatic carbocycles. The lowest BCUT2D eigenvalue weighted by Crippen LogP contribution is -2.38. The predicted molar refractivity (Wildman–Crippen MR) is 93.1 cm³/mol. The van der Waals surface area contributed by atoms with E-state index < -0.39 is 0 Å². The zero-order valence-corrected chi connectivity index (χ0v) is 13.9. The van der Waals surface area contributed by atoms with Crippen molar-refractivity contribution < 1.29 is 14.6 Å². The first-order chi connectivity index (χ1) is 11.7. The van der Waals surface area contributed by atoms with Crippen LogP contribution < -0.4 is 4.74 Å². The van der Waals surface area contributed by atoms with Crippen molar-refractivity contribution in [3.63, 3.8) is 0 Å². The van der Waals surface area contributed by atoms with E-state index in [9.17, 15) is 9.90 Å². The largest absolute Gasteiger partial charge is 0.493 e. The monoisotopic (exact) mass is 325 g/mol. The van der Waals surface area contributed by atoms with Crippen LogP contribution in [0, 0.1) is 0 Å². The average molecular weight is 325 g/mol. The molecule has 1 atom stereocenters. The number of aliphatic hydroxyl groups excluding tert-OH is 1. The van der Waals surface area contributed by atoms with Crippen LogP contribution in [-0.4, -0.2) is 35.2 Å². The minimum Gasteiger partial charge on any atom is -0.493 e. The highest BCUT2D eigenvalue weighted by molar-refractivity contribution is 5.94. The Bertz CT molecular complexity index is 699. The van der Waals surface area contributed by atoms with Crippen molar-refractivity contribution in [2.75, 3.05) is 13.2 Å². The molecule has 0 spiro atoms. The molecule has 2 aromatic rings. The summed E-state index contributed by atoms with van der Waals surface area (Å²) in [4.78, 5) is 14.9. The third-order valence-corrected chi connectivity index (χ3v) is 4.47. The SMILES string of the molecule is CC(CCO)N(Cc1ccccc1)C(=O)c1ccc2c(c1)CCO2. The number of carbonyl (C=O) groups is 1. The quantitative estimate of drug-likeness (QED) is 0.888. The van der Waals surface area contributed by atoms with Crippen molar-refractivity contribution in [1.82, 2.24) is 4.90 Å². The summed E-state index contributed by atoms with van der Waals surface area (Å²) in [5, 5.41) is 9.28. The number of hydrogen-bond acceptors (Lipinski definition) is 3. The standard InChI is InChI=1S/C20H23NO3/c1-15(9-11-22)21(14-16-5-3-2-4-6-16)20(23)18-7-8-19-17(13-18)10-12-24-19/h2-8,13,15,22H,9-12,14H2,1H3. The molecular formula is C20H23NO3. The van der Waals surface area contributed by atoms with Crippen LogP contribution in [0.1, 0.15) is 34.8 Å². The maximum absolute atomic E-state index is 13.1. The number of aliphatic hydroxyl groups is 1. The molecule has 0 radical (unpaired) electrons. The van der Waals surface area contributed by atoms with Crippen LogP contribution in [0.4, 0.5) is 0 Å². The molecule has 3 rings (SSSR count). The number of ether oxygens (including phenoxy) is 1. The average Bonchev–Trinajstić information content (AvgIpc) is 3.08. The molecule has 1 unspecified atom stereocenters. The highest BCUT2D eigenvalue weighted by Gasteiger charge is 2.23. The predicted octanol–water partition coefficient (Wildman–Crippen LogP) is 3.03. The number of nitrogens with zero attached hydrogens (tertiary/aromatic N) is 1. The fourth-order valence-corrected chi connectivity index (χ4v) is 3.04. The van der Waals surface area contributed by atoms with Crippen molar-refractivity contribution in [2.24, 2.45) is 0 Å². The summed E-state index contributed by atoms with van der Waals surface area (Å²) >= 11 is 0. The molecule has 4 nitrogen and oxygen atoms in total. The summed E-state index contributed by atoms with van der Waals surface area (Å²) < 4.78 is 5.52. The lowest BCUT2D eigenvalue weighted by Gasteiger charge is -2.29. The Kier molecular flexibility index (Phi) is 5.16. The molecule has 1 aliphatic rings. The summed E-state index contributed by atoms with van der Waals surface area (Å²) in [6.07, 6.45) is 1.41. The molecule has 0 bridgehead atoms. The molecule has 1 heterocycles. The second kappa shape index (κ2) is 7.49. The van der Waals surface area contributed by atoms with Gasteiger partial charge in [-0.15, -0.1) is 0 Å². The summed E-state index contributed by atoms with van der Waals surface area (Å²) in [5.41, 5.74) is 2.86. The van der Waals surface area contributed by atoms with Gasteiger partial charge < -0.3 is 14.7 Å². The normalized spacial score (nSPS) is 13.9. The van der Waals surface area contributed by atoms with Gasteiger partial charge in [0, 0.05) is 31.2 Å². The number of hydrogen-bond donors (Lipinski definition) is 1. The third kappa shape index (κ3) is 3.60. The van der Waals surface area contributed by atoms with Gasteiger partial charge >= 0.3 is 0 Å². The highest BCUT2D eigenvalue weighted by Crippen LogP contribution is 2.27. The highest BCUT2D eigenvalue weighted by atomic mass is 16.5. The van der Waals surface area contributed by atoms with Crippen LogP contribution >= 0.6 is 0 Å². The molecule has 24 heavy (non-hydrogen) atoms. The lowest BCUT2D eigenvalue weighted by molar-refractivity contribution is 0.0648. The topological polar surface area (TPSA) is 49.8 Å². The number of rotatable bonds is 6. The molecule has 0 fully saturated rings. The first kappa shape index (κ1) is 16.5. The Balaban J connectivity index is 1.85. The Morgan fingerprint density at radius 1 is 1.25 bits per heavy atom.